The number of nitrogens with zero attached hydrogens (tertiary/aromatic N) is 4. The monoisotopic (exact) mass is 624 g/mol. The molecule has 13 nitrogen and oxygen atoms in total. The molecule has 13 heteroatoms. The van der Waals surface area contributed by atoms with Gasteiger partial charge in [0.1, 0.15) is 17.5 Å². The summed E-state index contributed by atoms with van der Waals surface area (Å²) in [6.45, 7) is 9.37. The number of hydrogen-bond acceptors (Lipinski definition) is 8. The Balaban J connectivity index is 1.34. The molecule has 2 aromatic rings. The van der Waals surface area contributed by atoms with E-state index in [2.05, 4.69) is 15.6 Å². The van der Waals surface area contributed by atoms with Gasteiger partial charge in [-0.2, -0.15) is 0 Å². The molecule has 0 bridgehead atoms. The number of hydrogen-bond donors (Lipinski definition) is 2. The molecule has 1 aromatic heterocycles. The summed E-state index contributed by atoms with van der Waals surface area (Å²) in [6, 6.07) is 7.98. The molecule has 4 rings (SSSR count). The summed E-state index contributed by atoms with van der Waals surface area (Å²) in [5.74, 6) is -1.07. The van der Waals surface area contributed by atoms with Crippen LogP contribution in [0.2, 0.25) is 0 Å². The fourth-order valence-electron chi connectivity index (χ4n) is 5.28. The minimum atomic E-state index is -0.568. The third-order valence-corrected chi connectivity index (χ3v) is 7.65. The van der Waals surface area contributed by atoms with Crippen molar-refractivity contribution in [3.63, 3.8) is 0 Å². The fourth-order valence-corrected chi connectivity index (χ4v) is 5.28. The molecule has 0 saturated carbocycles. The van der Waals surface area contributed by atoms with Gasteiger partial charge in [0, 0.05) is 49.7 Å². The number of unbranched alkanes of at least 4 members (excludes halogenated alkanes) is 1. The van der Waals surface area contributed by atoms with Crippen LogP contribution in [-0.2, 0) is 19.1 Å². The SMILES string of the molecule is CCCCOC(=O)N1CCN(C(=O)CNC(=O)c2cc(OCC(=O)N3CCCC3C(=O)NC(C)(C)C)c3ccccc3n2)CC1. The van der Waals surface area contributed by atoms with Crippen LogP contribution in [-0.4, -0.2) is 113 Å². The Bertz CT molecular complexity index is 1400. The largest absolute Gasteiger partial charge is 0.483 e. The number of pyridine rings is 1. The number of nitrogens with one attached hydrogen (secondary N) is 2. The standard InChI is InChI=1S/C32H44N6O7/c1-5-6-18-44-31(43)37-16-14-36(15-17-37)27(39)20-33-29(41)24-19-26(22-10-7-8-11-23(22)34-24)45-21-28(40)38-13-9-12-25(38)30(42)35-32(2,3)4/h7-8,10-11,19,25H,5-6,9,12-18,20-21H2,1-4H3,(H,33,41)(H,35,42). The maximum absolute atomic E-state index is 13.2. The molecule has 2 aliphatic heterocycles. The second kappa shape index (κ2) is 15.0. The average Bonchev–Trinajstić information content (AvgIpc) is 3.52. The highest BCUT2D eigenvalue weighted by molar-refractivity contribution is 5.98. The Morgan fingerprint density at radius 3 is 2.40 bits per heavy atom. The van der Waals surface area contributed by atoms with Gasteiger partial charge in [0.25, 0.3) is 11.8 Å². The lowest BCUT2D eigenvalue weighted by molar-refractivity contribution is -0.140. The fraction of sp³-hybridized carbons (Fsp3) is 0.562. The minimum Gasteiger partial charge on any atom is -0.483 e. The average molecular weight is 625 g/mol. The zero-order valence-corrected chi connectivity index (χ0v) is 26.6. The van der Waals surface area contributed by atoms with E-state index in [1.54, 1.807) is 39.0 Å². The first-order valence-electron chi connectivity index (χ1n) is 15.6. The van der Waals surface area contributed by atoms with Crippen molar-refractivity contribution in [2.45, 2.75) is 65.0 Å². The minimum absolute atomic E-state index is 0.0344. The molecule has 1 aromatic carbocycles. The second-order valence-electron chi connectivity index (χ2n) is 12.3. The molecule has 3 heterocycles. The summed E-state index contributed by atoms with van der Waals surface area (Å²) in [5.41, 5.74) is 0.109. The smallest absolute Gasteiger partial charge is 0.409 e. The number of amides is 5. The predicted octanol–water partition coefficient (Wildman–Crippen LogP) is 2.33. The molecule has 1 unspecified atom stereocenters. The normalized spacial score (nSPS) is 16.8. The highest BCUT2D eigenvalue weighted by Gasteiger charge is 2.35. The maximum atomic E-state index is 13.2. The van der Waals surface area contributed by atoms with Gasteiger partial charge in [0.2, 0.25) is 11.8 Å². The Morgan fingerprint density at radius 2 is 1.69 bits per heavy atom. The first-order chi connectivity index (χ1) is 21.5. The molecule has 2 saturated heterocycles. The summed E-state index contributed by atoms with van der Waals surface area (Å²) in [5, 5.41) is 6.19. The van der Waals surface area contributed by atoms with Gasteiger partial charge in [-0.25, -0.2) is 9.78 Å². The van der Waals surface area contributed by atoms with Crippen LogP contribution in [0.3, 0.4) is 0 Å². The van der Waals surface area contributed by atoms with Gasteiger partial charge in [-0.15, -0.1) is 0 Å². The third-order valence-electron chi connectivity index (χ3n) is 7.65. The molecular formula is C32H44N6O7. The van der Waals surface area contributed by atoms with E-state index >= 15 is 0 Å². The molecule has 0 aliphatic carbocycles. The van der Waals surface area contributed by atoms with Gasteiger partial charge in [-0.05, 0) is 52.2 Å². The number of carbonyl (C=O) groups is 5. The molecule has 2 fully saturated rings. The molecule has 1 atom stereocenters. The van der Waals surface area contributed by atoms with Crippen LogP contribution in [0.1, 0.15) is 63.9 Å². The molecule has 2 aliphatic rings. The van der Waals surface area contributed by atoms with E-state index < -0.39 is 17.5 Å². The zero-order chi connectivity index (χ0) is 32.6. The van der Waals surface area contributed by atoms with Crippen molar-refractivity contribution in [2.75, 3.05) is 52.5 Å². The van der Waals surface area contributed by atoms with E-state index in [4.69, 9.17) is 9.47 Å². The van der Waals surface area contributed by atoms with E-state index in [1.807, 2.05) is 27.7 Å². The van der Waals surface area contributed by atoms with Crippen LogP contribution in [0.5, 0.6) is 5.75 Å². The predicted molar refractivity (Wildman–Crippen MR) is 167 cm³/mol. The van der Waals surface area contributed by atoms with E-state index in [1.165, 1.54) is 6.07 Å². The van der Waals surface area contributed by atoms with Crippen LogP contribution < -0.4 is 15.4 Å². The number of benzene rings is 1. The lowest BCUT2D eigenvalue weighted by Gasteiger charge is -2.34. The highest BCUT2D eigenvalue weighted by Crippen LogP contribution is 2.26. The van der Waals surface area contributed by atoms with E-state index in [0.29, 0.717) is 62.4 Å². The molecule has 45 heavy (non-hydrogen) atoms. The van der Waals surface area contributed by atoms with Crippen molar-refractivity contribution in [1.29, 1.82) is 0 Å². The topological polar surface area (TPSA) is 150 Å². The second-order valence-corrected chi connectivity index (χ2v) is 12.3. The lowest BCUT2D eigenvalue weighted by Crippen LogP contribution is -2.52. The van der Waals surface area contributed by atoms with Crippen LogP contribution >= 0.6 is 0 Å². The summed E-state index contributed by atoms with van der Waals surface area (Å²) in [4.78, 5) is 73.2. The zero-order valence-electron chi connectivity index (χ0n) is 26.6. The number of fused-ring (bicyclic) bond motifs is 1. The maximum Gasteiger partial charge on any atom is 0.409 e. The van der Waals surface area contributed by atoms with Crippen LogP contribution in [0, 0.1) is 0 Å². The van der Waals surface area contributed by atoms with Gasteiger partial charge in [-0.1, -0.05) is 25.5 Å². The molecule has 5 amide bonds. The summed E-state index contributed by atoms with van der Waals surface area (Å²) in [7, 11) is 0. The van der Waals surface area contributed by atoms with Crippen molar-refractivity contribution in [3.8, 4) is 5.75 Å². The van der Waals surface area contributed by atoms with E-state index in [9.17, 15) is 24.0 Å². The Labute approximate surface area is 263 Å². The van der Waals surface area contributed by atoms with Crippen molar-refractivity contribution in [2.24, 2.45) is 0 Å². The number of aromatic nitrogens is 1. The molecule has 0 radical (unpaired) electrons. The van der Waals surface area contributed by atoms with Gasteiger partial charge in [0.05, 0.1) is 18.7 Å². The highest BCUT2D eigenvalue weighted by atomic mass is 16.6. The Hall–Kier alpha value is -4.42. The number of likely N-dealkylation sites (tertiary alicyclic amines) is 1. The van der Waals surface area contributed by atoms with Gasteiger partial charge >= 0.3 is 6.09 Å². The van der Waals surface area contributed by atoms with E-state index in [0.717, 1.165) is 19.3 Å². The molecule has 2 N–H and O–H groups in total. The van der Waals surface area contributed by atoms with Crippen molar-refractivity contribution < 1.29 is 33.4 Å². The number of carbonyl (C=O) groups excluding carboxylic acids is 5. The third kappa shape index (κ3) is 9.05. The number of piperazine rings is 1. The first-order valence-corrected chi connectivity index (χ1v) is 15.6. The molecule has 244 valence electrons. The summed E-state index contributed by atoms with van der Waals surface area (Å²) >= 11 is 0. The summed E-state index contributed by atoms with van der Waals surface area (Å²) < 4.78 is 11.2. The van der Waals surface area contributed by atoms with Gasteiger partial charge in [0.15, 0.2) is 6.61 Å². The van der Waals surface area contributed by atoms with Crippen molar-refractivity contribution in [1.82, 2.24) is 30.3 Å². The van der Waals surface area contributed by atoms with Crippen LogP contribution in [0.25, 0.3) is 10.9 Å². The molecule has 0 spiro atoms. The van der Waals surface area contributed by atoms with Crippen LogP contribution in [0.4, 0.5) is 4.79 Å². The first kappa shape index (κ1) is 33.5. The van der Waals surface area contributed by atoms with Gasteiger partial charge in [-0.3, -0.25) is 19.2 Å². The Kier molecular flexibility index (Phi) is 11.2. The number of rotatable bonds is 10. The summed E-state index contributed by atoms with van der Waals surface area (Å²) in [6.07, 6.45) is 2.66. The van der Waals surface area contributed by atoms with Crippen LogP contribution in [0.15, 0.2) is 30.3 Å². The van der Waals surface area contributed by atoms with Crippen molar-refractivity contribution >= 4 is 40.6 Å². The van der Waals surface area contributed by atoms with Crippen molar-refractivity contribution in [3.05, 3.63) is 36.0 Å². The number of ether oxygens (including phenoxy) is 2. The lowest BCUT2D eigenvalue weighted by atomic mass is 10.1. The van der Waals surface area contributed by atoms with E-state index in [-0.39, 0.29) is 42.7 Å². The Morgan fingerprint density at radius 1 is 0.978 bits per heavy atom. The number of para-hydroxylation sites is 1. The quantitative estimate of drug-likeness (QED) is 0.383. The van der Waals surface area contributed by atoms with Gasteiger partial charge < -0.3 is 34.8 Å². The molecular weight excluding hydrogens is 580 g/mol.